The number of carbonyl (C=O) groups is 2. The molecule has 1 saturated heterocycles. The molecule has 10 nitrogen and oxygen atoms in total. The van der Waals surface area contributed by atoms with Crippen LogP contribution in [-0.2, 0) is 16.0 Å². The number of rotatable bonds is 12. The summed E-state index contributed by atoms with van der Waals surface area (Å²) in [5.41, 5.74) is 3.20. The molecule has 2 amide bonds. The number of hydrogen-bond donors (Lipinski definition) is 3. The smallest absolute Gasteiger partial charge is 0.242 e. The molecule has 2 aromatic carbocycles. The summed E-state index contributed by atoms with van der Waals surface area (Å²) in [5.74, 6) is 1.39. The predicted octanol–water partition coefficient (Wildman–Crippen LogP) is 4.29. The van der Waals surface area contributed by atoms with Crippen LogP contribution in [0.4, 0.5) is 5.69 Å². The molecule has 10 heteroatoms. The Kier molecular flexibility index (Phi) is 11.1. The van der Waals surface area contributed by atoms with Gasteiger partial charge < -0.3 is 30.2 Å². The van der Waals surface area contributed by atoms with Crippen molar-refractivity contribution in [3.63, 3.8) is 0 Å². The van der Waals surface area contributed by atoms with E-state index in [1.807, 2.05) is 12.1 Å². The summed E-state index contributed by atoms with van der Waals surface area (Å²) >= 11 is 0. The zero-order chi connectivity index (χ0) is 32.0. The molecule has 3 atom stereocenters. The minimum atomic E-state index is -0.585. The lowest BCUT2D eigenvalue weighted by Crippen LogP contribution is -2.46. The lowest BCUT2D eigenvalue weighted by Gasteiger charge is -2.25. The van der Waals surface area contributed by atoms with Crippen molar-refractivity contribution < 1.29 is 23.8 Å². The molecule has 3 unspecified atom stereocenters. The van der Waals surface area contributed by atoms with E-state index in [-0.39, 0.29) is 23.2 Å². The summed E-state index contributed by atoms with van der Waals surface area (Å²) in [6.45, 7) is 10.3. The van der Waals surface area contributed by atoms with Crippen molar-refractivity contribution in [1.82, 2.24) is 15.5 Å². The molecule has 0 spiro atoms. The Morgan fingerprint density at radius 3 is 2.43 bits per heavy atom. The average molecular weight is 609 g/mol. The molecular formula is C34H48N4O6. The number of anilines is 1. The molecule has 0 bridgehead atoms. The van der Waals surface area contributed by atoms with Crippen molar-refractivity contribution in [2.45, 2.75) is 77.9 Å². The first kappa shape index (κ1) is 33.1. The zero-order valence-electron chi connectivity index (χ0n) is 27.2. The van der Waals surface area contributed by atoms with E-state index in [2.05, 4.69) is 41.6 Å². The normalized spacial score (nSPS) is 18.5. The van der Waals surface area contributed by atoms with E-state index in [0.29, 0.717) is 60.3 Å². The maximum Gasteiger partial charge on any atom is 0.242 e. The van der Waals surface area contributed by atoms with Gasteiger partial charge in [-0.25, -0.2) is 0 Å². The van der Waals surface area contributed by atoms with Gasteiger partial charge in [-0.05, 0) is 86.0 Å². The van der Waals surface area contributed by atoms with Crippen molar-refractivity contribution in [1.29, 1.82) is 0 Å². The van der Waals surface area contributed by atoms with Crippen molar-refractivity contribution in [2.75, 3.05) is 46.3 Å². The summed E-state index contributed by atoms with van der Waals surface area (Å²) in [5, 5.41) is 9.47. The van der Waals surface area contributed by atoms with Crippen LogP contribution >= 0.6 is 0 Å². The van der Waals surface area contributed by atoms with Crippen LogP contribution in [0, 0.1) is 5.92 Å². The highest BCUT2D eigenvalue weighted by Crippen LogP contribution is 2.50. The van der Waals surface area contributed by atoms with Gasteiger partial charge in [0.15, 0.2) is 11.5 Å². The molecule has 2 aliphatic rings. The number of likely N-dealkylation sites (N-methyl/N-ethyl adjacent to an activating group) is 1. The molecule has 3 N–H and O–H groups in total. The molecule has 0 radical (unpaired) electrons. The highest BCUT2D eigenvalue weighted by atomic mass is 16.5. The molecule has 1 aliphatic carbocycles. The Balaban J connectivity index is 1.77. The second-order valence-corrected chi connectivity index (χ2v) is 12.1. The first-order chi connectivity index (χ1) is 21.1. The molecule has 0 aromatic heterocycles. The van der Waals surface area contributed by atoms with Gasteiger partial charge in [-0.1, -0.05) is 26.8 Å². The molecule has 4 rings (SSSR count). The minimum absolute atomic E-state index is 0.117. The summed E-state index contributed by atoms with van der Waals surface area (Å²) < 4.78 is 17.2. The summed E-state index contributed by atoms with van der Waals surface area (Å²) in [6.07, 6.45) is 3.95. The predicted molar refractivity (Wildman–Crippen MR) is 173 cm³/mol. The van der Waals surface area contributed by atoms with E-state index in [1.165, 1.54) is 6.92 Å². The van der Waals surface area contributed by atoms with E-state index in [1.54, 1.807) is 33.5 Å². The standard InChI is InChI=1S/C34H48N4O6/c1-8-38-15-9-10-23(38)19-35-34(41)28(16-20(2)3)37-27-14-12-24-25(18-29(27)40)26(36-21(4)39)13-11-22-17-30(42-5)32(43-6)33(44-7)31(22)24/h12,14,17-18,20,23,26,28H,8-11,13,15-16,19H2,1-7H3,(H,35,41)(H,36,39)(H,37,40). The number of hydrogen-bond acceptors (Lipinski definition) is 8. The van der Waals surface area contributed by atoms with Gasteiger partial charge in [0.1, 0.15) is 6.04 Å². The van der Waals surface area contributed by atoms with Crippen LogP contribution in [0.1, 0.15) is 70.5 Å². The van der Waals surface area contributed by atoms with Gasteiger partial charge in [0.05, 0.1) is 33.1 Å². The summed E-state index contributed by atoms with van der Waals surface area (Å²) in [7, 11) is 4.70. The Morgan fingerprint density at radius 1 is 1.05 bits per heavy atom. The van der Waals surface area contributed by atoms with E-state index in [0.717, 1.165) is 42.6 Å². The van der Waals surface area contributed by atoms with Gasteiger partial charge in [0.2, 0.25) is 23.0 Å². The largest absolute Gasteiger partial charge is 0.493 e. The average Bonchev–Trinajstić information content (AvgIpc) is 3.34. The molecule has 240 valence electrons. The third-order valence-corrected chi connectivity index (χ3v) is 8.69. The number of aryl methyl sites for hydroxylation is 1. The molecule has 1 fully saturated rings. The molecule has 1 heterocycles. The number of methoxy groups -OCH3 is 3. The maximum absolute atomic E-state index is 13.8. The van der Waals surface area contributed by atoms with Crippen molar-refractivity contribution in [2.24, 2.45) is 5.92 Å². The third-order valence-electron chi connectivity index (χ3n) is 8.69. The molecule has 44 heavy (non-hydrogen) atoms. The third kappa shape index (κ3) is 7.29. The molecular weight excluding hydrogens is 560 g/mol. The van der Waals surface area contributed by atoms with E-state index in [4.69, 9.17) is 14.2 Å². The first-order valence-electron chi connectivity index (χ1n) is 15.7. The van der Waals surface area contributed by atoms with Crippen molar-refractivity contribution >= 4 is 17.5 Å². The number of carbonyl (C=O) groups excluding carboxylic acids is 2. The van der Waals surface area contributed by atoms with Gasteiger partial charge in [-0.2, -0.15) is 0 Å². The number of benzene rings is 1. The number of fused-ring (bicyclic) bond motifs is 3. The Morgan fingerprint density at radius 2 is 1.80 bits per heavy atom. The zero-order valence-corrected chi connectivity index (χ0v) is 27.2. The number of amides is 2. The van der Waals surface area contributed by atoms with Crippen LogP contribution in [0.2, 0.25) is 0 Å². The maximum atomic E-state index is 13.8. The summed E-state index contributed by atoms with van der Waals surface area (Å²) in [4.78, 5) is 42.0. The minimum Gasteiger partial charge on any atom is -0.493 e. The van der Waals surface area contributed by atoms with Gasteiger partial charge in [-0.3, -0.25) is 19.3 Å². The Hall–Kier alpha value is -3.79. The molecule has 0 saturated carbocycles. The fourth-order valence-electron chi connectivity index (χ4n) is 6.60. The quantitative estimate of drug-likeness (QED) is 0.327. The van der Waals surface area contributed by atoms with Gasteiger partial charge >= 0.3 is 0 Å². The van der Waals surface area contributed by atoms with Crippen LogP contribution < -0.4 is 35.6 Å². The highest BCUT2D eigenvalue weighted by Gasteiger charge is 2.30. The van der Waals surface area contributed by atoms with Crippen LogP contribution in [0.3, 0.4) is 0 Å². The monoisotopic (exact) mass is 608 g/mol. The number of ether oxygens (including phenoxy) is 3. The second-order valence-electron chi connectivity index (χ2n) is 12.1. The summed E-state index contributed by atoms with van der Waals surface area (Å²) in [6, 6.07) is 6.44. The van der Waals surface area contributed by atoms with Crippen molar-refractivity contribution in [3.8, 4) is 28.4 Å². The number of nitrogens with one attached hydrogen (secondary N) is 3. The lowest BCUT2D eigenvalue weighted by atomic mass is 9.95. The lowest BCUT2D eigenvalue weighted by molar-refractivity contribution is -0.122. The number of likely N-dealkylation sites (tertiary alicyclic amines) is 1. The first-order valence-corrected chi connectivity index (χ1v) is 15.7. The second kappa shape index (κ2) is 14.8. The van der Waals surface area contributed by atoms with Gasteiger partial charge in [0.25, 0.3) is 0 Å². The Labute approximate surface area is 260 Å². The van der Waals surface area contributed by atoms with Crippen molar-refractivity contribution in [3.05, 3.63) is 45.6 Å². The van der Waals surface area contributed by atoms with E-state index >= 15 is 0 Å². The fraction of sp³-hybridized carbons (Fsp3) is 0.559. The topological polar surface area (TPSA) is 118 Å². The molecule has 1 aliphatic heterocycles. The van der Waals surface area contributed by atoms with Crippen LogP contribution in [-0.4, -0.2) is 69.8 Å². The molecule has 2 aromatic rings. The van der Waals surface area contributed by atoms with Gasteiger partial charge in [-0.15, -0.1) is 0 Å². The highest BCUT2D eigenvalue weighted by molar-refractivity contribution is 5.86. The van der Waals surface area contributed by atoms with Gasteiger partial charge in [0, 0.05) is 25.1 Å². The van der Waals surface area contributed by atoms with Crippen LogP contribution in [0.15, 0.2) is 29.1 Å². The fourth-order valence-corrected chi connectivity index (χ4v) is 6.60. The number of nitrogens with zero attached hydrogens (tertiary/aromatic N) is 1. The van der Waals surface area contributed by atoms with Crippen LogP contribution in [0.5, 0.6) is 17.2 Å². The Bertz CT molecular complexity index is 1410. The SMILES string of the molecule is CCN1CCCC1CNC(=O)C(CC(C)C)Nc1ccc2c(cc1=O)C(NC(C)=O)CCc1cc(OC)c(OC)c(OC)c1-2. The van der Waals surface area contributed by atoms with Crippen LogP contribution in [0.25, 0.3) is 11.1 Å². The van der Waals surface area contributed by atoms with E-state index in [9.17, 15) is 14.4 Å². The van der Waals surface area contributed by atoms with E-state index < -0.39 is 12.1 Å².